The molecule has 5 heteroatoms. The molecule has 2 heterocycles. The number of nitrogens with zero attached hydrogens (tertiary/aromatic N) is 1. The minimum atomic E-state index is -0.533. The van der Waals surface area contributed by atoms with E-state index in [9.17, 15) is 4.79 Å². The van der Waals surface area contributed by atoms with Gasteiger partial charge in [-0.2, -0.15) is 0 Å². The van der Waals surface area contributed by atoms with E-state index in [4.69, 9.17) is 9.15 Å². The van der Waals surface area contributed by atoms with Gasteiger partial charge in [-0.25, -0.2) is 9.89 Å². The van der Waals surface area contributed by atoms with Gasteiger partial charge in [0.25, 0.3) is 0 Å². The van der Waals surface area contributed by atoms with Gasteiger partial charge in [0, 0.05) is 5.56 Å². The Hall–Kier alpha value is -2.04. The number of hydrogen-bond donors (Lipinski definition) is 1. The highest BCUT2D eigenvalue weighted by Gasteiger charge is 2.29. The molecule has 76 valence electrons. The summed E-state index contributed by atoms with van der Waals surface area (Å²) in [6.07, 6.45) is 0. The Bertz CT molecular complexity index is 543. The van der Waals surface area contributed by atoms with E-state index in [1.165, 1.54) is 0 Å². The van der Waals surface area contributed by atoms with E-state index < -0.39 is 5.76 Å². The lowest BCUT2D eigenvalue weighted by Crippen LogP contribution is -2.03. The van der Waals surface area contributed by atoms with Crippen LogP contribution in [0, 0.1) is 0 Å². The number of rotatable bonds is 1. The summed E-state index contributed by atoms with van der Waals surface area (Å²) in [4.78, 5) is 10.8. The smallest absolute Gasteiger partial charge is 0.434 e. The summed E-state index contributed by atoms with van der Waals surface area (Å²) in [6.45, 7) is 0.465. The maximum Gasteiger partial charge on any atom is 0.434 e. The SMILES string of the molecule is O=c1[nH]nc(C2COc3ccccc32)o1. The third kappa shape index (κ3) is 1.24. The number of hydrogen-bond acceptors (Lipinski definition) is 4. The zero-order chi connectivity index (χ0) is 10.3. The van der Waals surface area contributed by atoms with Crippen LogP contribution in [0.2, 0.25) is 0 Å². The Morgan fingerprint density at radius 2 is 2.27 bits per heavy atom. The van der Waals surface area contributed by atoms with Crippen molar-refractivity contribution >= 4 is 0 Å². The lowest BCUT2D eigenvalue weighted by Gasteiger charge is -2.00. The van der Waals surface area contributed by atoms with Crippen molar-refractivity contribution in [3.05, 3.63) is 46.3 Å². The van der Waals surface area contributed by atoms with Crippen molar-refractivity contribution < 1.29 is 9.15 Å². The lowest BCUT2D eigenvalue weighted by atomic mass is 10.0. The van der Waals surface area contributed by atoms with Crippen molar-refractivity contribution in [2.45, 2.75) is 5.92 Å². The standard InChI is InChI=1S/C10H8N2O3/c13-10-12-11-9(15-10)7-5-14-8-4-2-1-3-6(7)8/h1-4,7H,5H2,(H,12,13). The average molecular weight is 204 g/mol. The van der Waals surface area contributed by atoms with Crippen LogP contribution in [0.25, 0.3) is 0 Å². The summed E-state index contributed by atoms with van der Waals surface area (Å²) in [5.41, 5.74) is 1.01. The molecule has 1 aliphatic rings. The van der Waals surface area contributed by atoms with Crippen molar-refractivity contribution in [2.24, 2.45) is 0 Å². The highest BCUT2D eigenvalue weighted by atomic mass is 16.5. The van der Waals surface area contributed by atoms with Crippen LogP contribution in [0.3, 0.4) is 0 Å². The van der Waals surface area contributed by atoms with E-state index in [-0.39, 0.29) is 5.92 Å². The molecule has 1 aromatic heterocycles. The van der Waals surface area contributed by atoms with Crippen molar-refractivity contribution in [1.29, 1.82) is 0 Å². The average Bonchev–Trinajstić information content (AvgIpc) is 2.83. The van der Waals surface area contributed by atoms with Crippen LogP contribution in [-0.4, -0.2) is 16.8 Å². The molecule has 15 heavy (non-hydrogen) atoms. The molecular weight excluding hydrogens is 196 g/mol. The van der Waals surface area contributed by atoms with Crippen LogP contribution >= 0.6 is 0 Å². The molecule has 1 N–H and O–H groups in total. The van der Waals surface area contributed by atoms with Gasteiger partial charge in [-0.15, -0.1) is 5.10 Å². The number of ether oxygens (including phenoxy) is 1. The monoisotopic (exact) mass is 204 g/mol. The fourth-order valence-electron chi connectivity index (χ4n) is 1.76. The molecule has 0 spiro atoms. The Kier molecular flexibility index (Phi) is 1.65. The number of para-hydroxylation sites is 1. The molecule has 1 unspecified atom stereocenters. The van der Waals surface area contributed by atoms with E-state index >= 15 is 0 Å². The van der Waals surface area contributed by atoms with E-state index in [1.807, 2.05) is 24.3 Å². The quantitative estimate of drug-likeness (QED) is 0.748. The molecule has 2 aromatic rings. The van der Waals surface area contributed by atoms with E-state index in [0.29, 0.717) is 12.5 Å². The maximum atomic E-state index is 10.8. The van der Waals surface area contributed by atoms with Crippen molar-refractivity contribution in [1.82, 2.24) is 10.2 Å². The van der Waals surface area contributed by atoms with Gasteiger partial charge in [0.05, 0.1) is 0 Å². The molecular formula is C10H8N2O3. The molecule has 1 aromatic carbocycles. The molecule has 3 rings (SSSR count). The van der Waals surface area contributed by atoms with Gasteiger partial charge in [-0.05, 0) is 6.07 Å². The van der Waals surface area contributed by atoms with Crippen LogP contribution in [0.1, 0.15) is 17.4 Å². The highest BCUT2D eigenvalue weighted by molar-refractivity contribution is 5.42. The predicted molar refractivity (Wildman–Crippen MR) is 50.9 cm³/mol. The third-order valence-corrected chi connectivity index (χ3v) is 2.45. The first-order chi connectivity index (χ1) is 7.34. The second kappa shape index (κ2) is 2.98. The molecule has 5 nitrogen and oxygen atoms in total. The number of H-pyrrole nitrogens is 1. The van der Waals surface area contributed by atoms with E-state index in [0.717, 1.165) is 11.3 Å². The zero-order valence-corrected chi connectivity index (χ0v) is 7.77. The molecule has 0 fully saturated rings. The first-order valence-electron chi connectivity index (χ1n) is 4.62. The normalized spacial score (nSPS) is 18.5. The van der Waals surface area contributed by atoms with Crippen molar-refractivity contribution in [2.75, 3.05) is 6.61 Å². The van der Waals surface area contributed by atoms with Gasteiger partial charge < -0.3 is 9.15 Å². The van der Waals surface area contributed by atoms with Crippen LogP contribution in [-0.2, 0) is 0 Å². The van der Waals surface area contributed by atoms with Crippen LogP contribution in [0.5, 0.6) is 5.75 Å². The highest BCUT2D eigenvalue weighted by Crippen LogP contribution is 2.36. The zero-order valence-electron chi connectivity index (χ0n) is 7.77. The fraction of sp³-hybridized carbons (Fsp3) is 0.200. The number of benzene rings is 1. The molecule has 1 atom stereocenters. The second-order valence-corrected chi connectivity index (χ2v) is 3.35. The van der Waals surface area contributed by atoms with Gasteiger partial charge in [0.2, 0.25) is 5.89 Å². The Morgan fingerprint density at radius 1 is 1.40 bits per heavy atom. The topological polar surface area (TPSA) is 68.1 Å². The van der Waals surface area contributed by atoms with Crippen molar-refractivity contribution in [3.63, 3.8) is 0 Å². The van der Waals surface area contributed by atoms with E-state index in [2.05, 4.69) is 10.2 Å². The summed E-state index contributed by atoms with van der Waals surface area (Å²) in [5.74, 6) is 0.590. The molecule has 0 radical (unpaired) electrons. The minimum Gasteiger partial charge on any atom is -0.492 e. The largest absolute Gasteiger partial charge is 0.492 e. The molecule has 0 amide bonds. The molecule has 1 aliphatic heterocycles. The van der Waals surface area contributed by atoms with Gasteiger partial charge in [-0.3, -0.25) is 0 Å². The third-order valence-electron chi connectivity index (χ3n) is 2.45. The summed E-state index contributed by atoms with van der Waals surface area (Å²) in [6, 6.07) is 7.66. The summed E-state index contributed by atoms with van der Waals surface area (Å²) < 4.78 is 10.4. The molecule has 0 aliphatic carbocycles. The maximum absolute atomic E-state index is 10.8. The van der Waals surface area contributed by atoms with Crippen LogP contribution < -0.4 is 10.5 Å². The van der Waals surface area contributed by atoms with Crippen molar-refractivity contribution in [3.8, 4) is 5.75 Å². The van der Waals surface area contributed by atoms with Crippen LogP contribution in [0.15, 0.2) is 33.5 Å². The number of aromatic amines is 1. The molecule has 0 saturated heterocycles. The van der Waals surface area contributed by atoms with Gasteiger partial charge in [0.15, 0.2) is 0 Å². The predicted octanol–water partition coefficient (Wildman–Crippen LogP) is 0.887. The Morgan fingerprint density at radius 3 is 3.07 bits per heavy atom. The number of nitrogens with one attached hydrogen (secondary N) is 1. The Balaban J connectivity index is 2.07. The molecule has 0 saturated carbocycles. The summed E-state index contributed by atoms with van der Waals surface area (Å²) in [5, 5.41) is 6.06. The van der Waals surface area contributed by atoms with Gasteiger partial charge >= 0.3 is 5.76 Å². The Labute approximate surface area is 84.7 Å². The molecule has 0 bridgehead atoms. The first kappa shape index (κ1) is 8.28. The number of fused-ring (bicyclic) bond motifs is 1. The second-order valence-electron chi connectivity index (χ2n) is 3.35. The van der Waals surface area contributed by atoms with Gasteiger partial charge in [-0.1, -0.05) is 18.2 Å². The van der Waals surface area contributed by atoms with E-state index in [1.54, 1.807) is 0 Å². The lowest BCUT2D eigenvalue weighted by molar-refractivity contribution is 0.321. The summed E-state index contributed by atoms with van der Waals surface area (Å²) in [7, 11) is 0. The minimum absolute atomic E-state index is 0.0832. The number of aromatic nitrogens is 2. The first-order valence-corrected chi connectivity index (χ1v) is 4.62. The summed E-state index contributed by atoms with van der Waals surface area (Å²) >= 11 is 0. The van der Waals surface area contributed by atoms with Gasteiger partial charge in [0.1, 0.15) is 18.3 Å². The van der Waals surface area contributed by atoms with Crippen LogP contribution in [0.4, 0.5) is 0 Å². The fourth-order valence-corrected chi connectivity index (χ4v) is 1.76.